The summed E-state index contributed by atoms with van der Waals surface area (Å²) in [4.78, 5) is 0. The zero-order valence-electron chi connectivity index (χ0n) is 10.3. The fraction of sp³-hybridized carbons (Fsp3) is 0.143. The van der Waals surface area contributed by atoms with Crippen molar-refractivity contribution in [3.63, 3.8) is 0 Å². The maximum Gasteiger partial charge on any atom is 0.0640 e. The Labute approximate surface area is 137 Å². The van der Waals surface area contributed by atoms with E-state index < -0.39 is 0 Å². The van der Waals surface area contributed by atoms with Gasteiger partial charge in [-0.1, -0.05) is 64.6 Å². The van der Waals surface area contributed by atoms with E-state index in [1.54, 1.807) is 12.1 Å². The molecule has 2 aromatic rings. The van der Waals surface area contributed by atoms with Crippen LogP contribution in [-0.4, -0.2) is 0 Å². The zero-order chi connectivity index (χ0) is 14.7. The highest BCUT2D eigenvalue weighted by Crippen LogP contribution is 2.32. The molecule has 20 heavy (non-hydrogen) atoms. The van der Waals surface area contributed by atoms with Crippen LogP contribution in [0.25, 0.3) is 0 Å². The summed E-state index contributed by atoms with van der Waals surface area (Å²) in [5.41, 5.74) is 4.59. The third-order valence-electron chi connectivity index (χ3n) is 2.98. The number of hydrogen-bond acceptors (Lipinski definition) is 2. The van der Waals surface area contributed by atoms with E-state index >= 15 is 0 Å². The molecular weight excluding hydrogens is 338 g/mol. The summed E-state index contributed by atoms with van der Waals surface area (Å²) in [6.07, 6.45) is 0.619. The third-order valence-corrected chi connectivity index (χ3v) is 4.55. The van der Waals surface area contributed by atoms with Gasteiger partial charge in [0.05, 0.1) is 26.1 Å². The van der Waals surface area contributed by atoms with Crippen LogP contribution in [0.2, 0.25) is 20.1 Å². The molecule has 2 aromatic carbocycles. The van der Waals surface area contributed by atoms with Gasteiger partial charge in [-0.25, -0.2) is 0 Å². The Morgan fingerprint density at radius 2 is 1.70 bits per heavy atom. The SMILES string of the molecule is NNC(Cc1ccc(Cl)c(Cl)c1)c1cccc(Cl)c1Cl. The van der Waals surface area contributed by atoms with Crippen LogP contribution in [0.4, 0.5) is 0 Å². The summed E-state index contributed by atoms with van der Waals surface area (Å²) in [6.45, 7) is 0. The molecular formula is C14H12Cl4N2. The van der Waals surface area contributed by atoms with Crippen molar-refractivity contribution in [1.29, 1.82) is 0 Å². The minimum absolute atomic E-state index is 0.168. The van der Waals surface area contributed by atoms with E-state index in [1.807, 2.05) is 24.3 Å². The molecule has 0 bridgehead atoms. The van der Waals surface area contributed by atoms with Crippen LogP contribution in [0, 0.1) is 0 Å². The second kappa shape index (κ2) is 6.99. The lowest BCUT2D eigenvalue weighted by Crippen LogP contribution is -2.29. The lowest BCUT2D eigenvalue weighted by Gasteiger charge is -2.18. The van der Waals surface area contributed by atoms with Crippen LogP contribution in [0.15, 0.2) is 36.4 Å². The van der Waals surface area contributed by atoms with Gasteiger partial charge in [-0.05, 0) is 35.7 Å². The predicted molar refractivity (Wildman–Crippen MR) is 86.7 cm³/mol. The lowest BCUT2D eigenvalue weighted by atomic mass is 9.99. The third kappa shape index (κ3) is 3.59. The highest BCUT2D eigenvalue weighted by atomic mass is 35.5. The summed E-state index contributed by atoms with van der Waals surface area (Å²) >= 11 is 24.2. The first kappa shape index (κ1) is 15.9. The van der Waals surface area contributed by atoms with Gasteiger partial charge in [0.15, 0.2) is 0 Å². The molecule has 2 nitrogen and oxygen atoms in total. The molecule has 0 radical (unpaired) electrons. The Morgan fingerprint density at radius 1 is 0.950 bits per heavy atom. The van der Waals surface area contributed by atoms with Gasteiger partial charge in [0, 0.05) is 0 Å². The summed E-state index contributed by atoms with van der Waals surface area (Å²) in [7, 11) is 0. The van der Waals surface area contributed by atoms with Crippen molar-refractivity contribution in [3.05, 3.63) is 67.6 Å². The van der Waals surface area contributed by atoms with E-state index in [1.165, 1.54) is 0 Å². The summed E-state index contributed by atoms with van der Waals surface area (Å²) in [5, 5.41) is 2.03. The van der Waals surface area contributed by atoms with Gasteiger partial charge in [-0.3, -0.25) is 11.3 Å². The number of rotatable bonds is 4. The van der Waals surface area contributed by atoms with Crippen LogP contribution >= 0.6 is 46.4 Å². The van der Waals surface area contributed by atoms with Gasteiger partial charge in [0.1, 0.15) is 0 Å². The number of nitrogens with two attached hydrogens (primary N) is 1. The summed E-state index contributed by atoms with van der Waals surface area (Å²) in [5.74, 6) is 5.63. The Bertz CT molecular complexity index is 616. The van der Waals surface area contributed by atoms with Gasteiger partial charge in [0.25, 0.3) is 0 Å². The highest BCUT2D eigenvalue weighted by molar-refractivity contribution is 6.42. The van der Waals surface area contributed by atoms with Crippen LogP contribution in [0.1, 0.15) is 17.2 Å². The molecule has 0 amide bonds. The molecule has 0 saturated carbocycles. The van der Waals surface area contributed by atoms with Crippen LogP contribution in [0.5, 0.6) is 0 Å². The quantitative estimate of drug-likeness (QED) is 0.598. The Morgan fingerprint density at radius 3 is 2.35 bits per heavy atom. The molecule has 2 rings (SSSR count). The standard InChI is InChI=1S/C14H12Cl4N2/c15-10-5-4-8(6-12(10)17)7-13(20-19)9-2-1-3-11(16)14(9)18/h1-6,13,20H,7,19H2. The molecule has 0 aliphatic carbocycles. The molecule has 6 heteroatoms. The smallest absolute Gasteiger partial charge is 0.0640 e. The molecule has 0 aliphatic heterocycles. The number of nitrogens with one attached hydrogen (secondary N) is 1. The molecule has 1 atom stereocenters. The Kier molecular flexibility index (Phi) is 5.56. The first-order valence-corrected chi connectivity index (χ1v) is 7.38. The molecule has 106 valence electrons. The molecule has 0 aliphatic rings. The molecule has 0 saturated heterocycles. The number of benzene rings is 2. The van der Waals surface area contributed by atoms with Crippen LogP contribution in [-0.2, 0) is 6.42 Å². The van der Waals surface area contributed by atoms with E-state index in [2.05, 4.69) is 5.43 Å². The van der Waals surface area contributed by atoms with Crippen molar-refractivity contribution in [1.82, 2.24) is 5.43 Å². The van der Waals surface area contributed by atoms with Crippen LogP contribution in [0.3, 0.4) is 0 Å². The number of hydrogen-bond donors (Lipinski definition) is 2. The molecule has 0 heterocycles. The zero-order valence-corrected chi connectivity index (χ0v) is 13.4. The predicted octanol–water partition coefficient (Wildman–Crippen LogP) is 5.05. The van der Waals surface area contributed by atoms with Crippen molar-refractivity contribution >= 4 is 46.4 Å². The first-order chi connectivity index (χ1) is 9.52. The molecule has 0 aromatic heterocycles. The average Bonchev–Trinajstić information content (AvgIpc) is 2.43. The van der Waals surface area contributed by atoms with Gasteiger partial charge >= 0.3 is 0 Å². The van der Waals surface area contributed by atoms with Crippen molar-refractivity contribution < 1.29 is 0 Å². The van der Waals surface area contributed by atoms with Crippen molar-refractivity contribution in [3.8, 4) is 0 Å². The van der Waals surface area contributed by atoms with Gasteiger partial charge in [-0.2, -0.15) is 0 Å². The fourth-order valence-corrected chi connectivity index (χ4v) is 2.71. The highest BCUT2D eigenvalue weighted by Gasteiger charge is 2.16. The average molecular weight is 350 g/mol. The van der Waals surface area contributed by atoms with Crippen molar-refractivity contribution in [2.45, 2.75) is 12.5 Å². The van der Waals surface area contributed by atoms with E-state index in [9.17, 15) is 0 Å². The van der Waals surface area contributed by atoms with E-state index in [0.717, 1.165) is 11.1 Å². The number of hydrazine groups is 1. The van der Waals surface area contributed by atoms with E-state index in [4.69, 9.17) is 52.2 Å². The normalized spacial score (nSPS) is 12.4. The van der Waals surface area contributed by atoms with Crippen LogP contribution < -0.4 is 11.3 Å². The largest absolute Gasteiger partial charge is 0.271 e. The first-order valence-electron chi connectivity index (χ1n) is 5.87. The maximum atomic E-state index is 6.21. The van der Waals surface area contributed by atoms with E-state index in [-0.39, 0.29) is 6.04 Å². The summed E-state index contributed by atoms with van der Waals surface area (Å²) < 4.78 is 0. The Hall–Kier alpha value is -0.480. The van der Waals surface area contributed by atoms with Gasteiger partial charge in [-0.15, -0.1) is 0 Å². The minimum atomic E-state index is -0.168. The van der Waals surface area contributed by atoms with Gasteiger partial charge in [0.2, 0.25) is 0 Å². The molecule has 3 N–H and O–H groups in total. The summed E-state index contributed by atoms with van der Waals surface area (Å²) in [6, 6.07) is 10.8. The number of halogens is 4. The van der Waals surface area contributed by atoms with Gasteiger partial charge < -0.3 is 0 Å². The second-order valence-electron chi connectivity index (χ2n) is 4.31. The topological polar surface area (TPSA) is 38.0 Å². The monoisotopic (exact) mass is 348 g/mol. The lowest BCUT2D eigenvalue weighted by molar-refractivity contribution is 0.552. The molecule has 0 spiro atoms. The Balaban J connectivity index is 2.28. The fourth-order valence-electron chi connectivity index (χ4n) is 1.95. The molecule has 0 fully saturated rings. The van der Waals surface area contributed by atoms with Crippen molar-refractivity contribution in [2.75, 3.05) is 0 Å². The second-order valence-corrected chi connectivity index (χ2v) is 5.91. The maximum absolute atomic E-state index is 6.21. The van der Waals surface area contributed by atoms with E-state index in [0.29, 0.717) is 26.5 Å². The minimum Gasteiger partial charge on any atom is -0.271 e. The van der Waals surface area contributed by atoms with Crippen molar-refractivity contribution in [2.24, 2.45) is 5.84 Å². The molecule has 1 unspecified atom stereocenters.